The van der Waals surface area contributed by atoms with E-state index < -0.39 is 0 Å². The predicted octanol–water partition coefficient (Wildman–Crippen LogP) is 2.00. The highest BCUT2D eigenvalue weighted by Crippen LogP contribution is 2.36. The van der Waals surface area contributed by atoms with Gasteiger partial charge in [0, 0.05) is 18.4 Å². The second kappa shape index (κ2) is 6.50. The molecule has 2 aliphatic rings. The molecule has 0 N–H and O–H groups in total. The Morgan fingerprint density at radius 1 is 1.42 bits per heavy atom. The third-order valence-electron chi connectivity index (χ3n) is 4.44. The van der Waals surface area contributed by atoms with E-state index in [0.29, 0.717) is 31.3 Å². The normalized spacial score (nSPS) is 19.9. The quantitative estimate of drug-likeness (QED) is 0.595. The van der Waals surface area contributed by atoms with E-state index in [9.17, 15) is 9.59 Å². The summed E-state index contributed by atoms with van der Waals surface area (Å²) in [6.07, 6.45) is 3.75. The minimum absolute atomic E-state index is 0.00897. The van der Waals surface area contributed by atoms with Gasteiger partial charge in [0.25, 0.3) is 5.56 Å². The van der Waals surface area contributed by atoms with Crippen LogP contribution in [0.3, 0.4) is 0 Å². The van der Waals surface area contributed by atoms with Gasteiger partial charge in [0.15, 0.2) is 5.16 Å². The number of carbonyl (C=O) groups excluding carboxylic acids is 1. The van der Waals surface area contributed by atoms with E-state index in [1.807, 2.05) is 0 Å². The Kier molecular flexibility index (Phi) is 4.36. The number of rotatable bonds is 5. The van der Waals surface area contributed by atoms with Gasteiger partial charge in [-0.2, -0.15) is 0 Å². The Hall–Kier alpha value is -1.38. The third-order valence-corrected chi connectivity index (χ3v) is 6.86. The minimum Gasteiger partial charge on any atom is -0.465 e. The predicted molar refractivity (Wildman–Crippen MR) is 93.0 cm³/mol. The second-order valence-electron chi connectivity index (χ2n) is 5.94. The van der Waals surface area contributed by atoms with Crippen LogP contribution in [0.1, 0.15) is 23.3 Å². The maximum atomic E-state index is 13.1. The number of thioether (sulfide) groups is 1. The summed E-state index contributed by atoms with van der Waals surface area (Å²) in [5.41, 5.74) is 1.17. The Bertz CT molecular complexity index is 858. The number of aryl methyl sites for hydroxylation is 2. The van der Waals surface area contributed by atoms with E-state index in [-0.39, 0.29) is 16.8 Å². The lowest BCUT2D eigenvalue weighted by molar-refractivity contribution is -0.137. The van der Waals surface area contributed by atoms with Crippen molar-refractivity contribution in [2.75, 3.05) is 20.3 Å². The van der Waals surface area contributed by atoms with Crippen LogP contribution in [-0.4, -0.2) is 41.1 Å². The molecule has 0 radical (unpaired) electrons. The first kappa shape index (κ1) is 16.1. The van der Waals surface area contributed by atoms with Crippen LogP contribution in [0, 0.1) is 0 Å². The fourth-order valence-corrected chi connectivity index (χ4v) is 5.63. The molecule has 1 fully saturated rings. The van der Waals surface area contributed by atoms with Crippen LogP contribution in [0.2, 0.25) is 0 Å². The Balaban J connectivity index is 1.81. The van der Waals surface area contributed by atoms with Gasteiger partial charge in [0.2, 0.25) is 0 Å². The smallest absolute Gasteiger partial charge is 0.319 e. The summed E-state index contributed by atoms with van der Waals surface area (Å²) in [4.78, 5) is 31.7. The molecule has 0 unspecified atom stereocenters. The molecule has 1 atom stereocenters. The lowest BCUT2D eigenvalue weighted by Crippen LogP contribution is -2.26. The van der Waals surface area contributed by atoms with Crippen LogP contribution in [0.4, 0.5) is 0 Å². The summed E-state index contributed by atoms with van der Waals surface area (Å²) >= 11 is 2.96. The van der Waals surface area contributed by atoms with Gasteiger partial charge in [-0.25, -0.2) is 4.98 Å². The van der Waals surface area contributed by atoms with Crippen LogP contribution >= 0.6 is 23.1 Å². The van der Waals surface area contributed by atoms with Gasteiger partial charge >= 0.3 is 5.97 Å². The van der Waals surface area contributed by atoms with Crippen molar-refractivity contribution in [2.45, 2.75) is 42.6 Å². The van der Waals surface area contributed by atoms with Gasteiger partial charge in [-0.1, -0.05) is 11.8 Å². The molecule has 0 aromatic carbocycles. The molecule has 0 saturated carbocycles. The van der Waals surface area contributed by atoms with Crippen molar-refractivity contribution in [3.8, 4) is 0 Å². The molecule has 0 bridgehead atoms. The van der Waals surface area contributed by atoms with Gasteiger partial charge in [0.05, 0.1) is 25.1 Å². The number of hydrogen-bond donors (Lipinski definition) is 0. The van der Waals surface area contributed by atoms with Crippen molar-refractivity contribution in [2.24, 2.45) is 0 Å². The molecule has 24 heavy (non-hydrogen) atoms. The number of aromatic nitrogens is 2. The number of hydrogen-bond acceptors (Lipinski definition) is 7. The number of carbonyl (C=O) groups is 1. The van der Waals surface area contributed by atoms with Crippen molar-refractivity contribution < 1.29 is 14.3 Å². The van der Waals surface area contributed by atoms with Crippen LogP contribution < -0.4 is 5.56 Å². The molecule has 0 spiro atoms. The number of ether oxygens (including phenoxy) is 2. The molecule has 8 heteroatoms. The summed E-state index contributed by atoms with van der Waals surface area (Å²) in [5, 5.41) is 1.07. The number of methoxy groups -OCH3 is 1. The van der Waals surface area contributed by atoms with Crippen molar-refractivity contribution in [3.63, 3.8) is 0 Å². The molecule has 6 nitrogen and oxygen atoms in total. The maximum absolute atomic E-state index is 13.1. The highest BCUT2D eigenvalue weighted by atomic mass is 32.2. The van der Waals surface area contributed by atoms with Gasteiger partial charge in [-0.3, -0.25) is 14.2 Å². The lowest BCUT2D eigenvalue weighted by atomic mass is 10.2. The molecule has 128 valence electrons. The van der Waals surface area contributed by atoms with Crippen molar-refractivity contribution in [1.29, 1.82) is 0 Å². The van der Waals surface area contributed by atoms with Crippen LogP contribution in [0.15, 0.2) is 9.95 Å². The molecule has 1 aliphatic carbocycles. The number of nitrogens with zero attached hydrogens (tertiary/aromatic N) is 2. The van der Waals surface area contributed by atoms with Crippen LogP contribution in [0.25, 0.3) is 10.2 Å². The fourth-order valence-electron chi connectivity index (χ4n) is 3.24. The summed E-state index contributed by atoms with van der Waals surface area (Å²) in [6.45, 7) is 1.31. The van der Waals surface area contributed by atoms with Crippen molar-refractivity contribution >= 4 is 39.3 Å². The topological polar surface area (TPSA) is 70.4 Å². The largest absolute Gasteiger partial charge is 0.465 e. The minimum atomic E-state index is -0.282. The summed E-state index contributed by atoms with van der Waals surface area (Å²) in [7, 11) is 1.61. The van der Waals surface area contributed by atoms with E-state index in [0.717, 1.165) is 29.5 Å². The average molecular weight is 366 g/mol. The van der Waals surface area contributed by atoms with E-state index in [2.05, 4.69) is 0 Å². The SMILES string of the molecule is COCCn1c(S[C@H]2CCOC2=O)nc2sc3c(c2c1=O)CCC3. The Morgan fingerprint density at radius 2 is 2.29 bits per heavy atom. The number of cyclic esters (lactones) is 1. The molecular weight excluding hydrogens is 348 g/mol. The zero-order chi connectivity index (χ0) is 16.7. The number of esters is 1. The first-order valence-corrected chi connectivity index (χ1v) is 9.76. The first-order valence-electron chi connectivity index (χ1n) is 8.06. The zero-order valence-corrected chi connectivity index (χ0v) is 15.0. The van der Waals surface area contributed by atoms with Gasteiger partial charge in [0.1, 0.15) is 10.1 Å². The molecule has 1 saturated heterocycles. The van der Waals surface area contributed by atoms with Gasteiger partial charge < -0.3 is 9.47 Å². The van der Waals surface area contributed by atoms with Crippen molar-refractivity contribution in [1.82, 2.24) is 9.55 Å². The van der Waals surface area contributed by atoms with E-state index >= 15 is 0 Å². The summed E-state index contributed by atoms with van der Waals surface area (Å²) < 4.78 is 11.8. The first-order chi connectivity index (χ1) is 11.7. The third kappa shape index (κ3) is 2.66. The number of fused-ring (bicyclic) bond motifs is 3. The average Bonchev–Trinajstić information content (AvgIpc) is 3.23. The van der Waals surface area contributed by atoms with E-state index in [4.69, 9.17) is 14.5 Å². The monoisotopic (exact) mass is 366 g/mol. The fraction of sp³-hybridized carbons (Fsp3) is 0.562. The molecule has 3 heterocycles. The summed E-state index contributed by atoms with van der Waals surface area (Å²) in [5.74, 6) is -0.221. The zero-order valence-electron chi connectivity index (χ0n) is 13.4. The Morgan fingerprint density at radius 3 is 3.04 bits per heavy atom. The molecule has 2 aromatic rings. The maximum Gasteiger partial charge on any atom is 0.319 e. The summed E-state index contributed by atoms with van der Waals surface area (Å²) in [6, 6.07) is 0. The van der Waals surface area contributed by atoms with E-state index in [1.54, 1.807) is 23.0 Å². The molecule has 4 rings (SSSR count). The molecule has 0 amide bonds. The standard InChI is InChI=1S/C16H18N2O4S2/c1-21-8-6-18-14(19)12-9-3-2-4-10(9)23-13(12)17-16(18)24-11-5-7-22-15(11)20/h11H,2-8H2,1H3/t11-/m0/s1. The van der Waals surface area contributed by atoms with Crippen LogP contribution in [-0.2, 0) is 33.7 Å². The van der Waals surface area contributed by atoms with Gasteiger partial charge in [-0.15, -0.1) is 11.3 Å². The van der Waals surface area contributed by atoms with Gasteiger partial charge in [-0.05, 0) is 24.8 Å². The number of thiophene rings is 1. The second-order valence-corrected chi connectivity index (χ2v) is 8.20. The Labute approximate surface area is 147 Å². The molecule has 2 aromatic heterocycles. The molecule has 1 aliphatic heterocycles. The van der Waals surface area contributed by atoms with Crippen molar-refractivity contribution in [3.05, 3.63) is 20.8 Å². The highest BCUT2D eigenvalue weighted by Gasteiger charge is 2.30. The highest BCUT2D eigenvalue weighted by molar-refractivity contribution is 8.00. The lowest BCUT2D eigenvalue weighted by Gasteiger charge is -2.13. The van der Waals surface area contributed by atoms with Crippen LogP contribution in [0.5, 0.6) is 0 Å². The molecular formula is C16H18N2O4S2. The van der Waals surface area contributed by atoms with E-state index in [1.165, 1.54) is 22.2 Å².